The fourth-order valence-corrected chi connectivity index (χ4v) is 4.55. The number of hydrogen-bond donors (Lipinski definition) is 2. The van der Waals surface area contributed by atoms with Crippen molar-refractivity contribution in [3.63, 3.8) is 0 Å². The number of amides is 1. The minimum Gasteiger partial charge on any atom is -0.489 e. The Bertz CT molecular complexity index is 1080. The van der Waals surface area contributed by atoms with Gasteiger partial charge in [0, 0.05) is 12.1 Å². The molecule has 0 aromatic heterocycles. The highest BCUT2D eigenvalue weighted by Crippen LogP contribution is 2.48. The van der Waals surface area contributed by atoms with Crippen LogP contribution in [0.15, 0.2) is 60.7 Å². The minimum absolute atomic E-state index is 0.0230. The van der Waals surface area contributed by atoms with Gasteiger partial charge in [0.25, 0.3) is 5.91 Å². The summed E-state index contributed by atoms with van der Waals surface area (Å²) in [6.45, 7) is 3.90. The van der Waals surface area contributed by atoms with Gasteiger partial charge in [0.1, 0.15) is 11.9 Å². The first-order valence-electron chi connectivity index (χ1n) is 10.9. The van der Waals surface area contributed by atoms with Crippen molar-refractivity contribution < 1.29 is 9.53 Å². The molecule has 1 amide bonds. The van der Waals surface area contributed by atoms with E-state index in [2.05, 4.69) is 53.1 Å². The number of piperidine rings is 1. The molecule has 1 heterocycles. The Balaban J connectivity index is 1.39. The van der Waals surface area contributed by atoms with Crippen molar-refractivity contribution in [2.45, 2.75) is 44.2 Å². The topological polar surface area (TPSA) is 50.4 Å². The largest absolute Gasteiger partial charge is 0.489 e. The zero-order chi connectivity index (χ0) is 20.6. The van der Waals surface area contributed by atoms with Gasteiger partial charge < -0.3 is 15.4 Å². The van der Waals surface area contributed by atoms with E-state index in [1.165, 1.54) is 16.3 Å². The average molecular weight is 401 g/mol. The van der Waals surface area contributed by atoms with E-state index in [9.17, 15) is 4.79 Å². The number of carbonyl (C=O) groups is 1. The van der Waals surface area contributed by atoms with Gasteiger partial charge in [0.2, 0.25) is 0 Å². The number of hydrogen-bond acceptors (Lipinski definition) is 3. The molecule has 1 aliphatic carbocycles. The van der Waals surface area contributed by atoms with Gasteiger partial charge in [0.05, 0.1) is 5.54 Å². The summed E-state index contributed by atoms with van der Waals surface area (Å²) in [7, 11) is 0. The van der Waals surface area contributed by atoms with Crippen LogP contribution in [0.4, 0.5) is 0 Å². The summed E-state index contributed by atoms with van der Waals surface area (Å²) in [5.74, 6) is 0.750. The maximum absolute atomic E-state index is 13.3. The highest BCUT2D eigenvalue weighted by atomic mass is 16.5. The van der Waals surface area contributed by atoms with E-state index in [1.54, 1.807) is 0 Å². The van der Waals surface area contributed by atoms with E-state index in [4.69, 9.17) is 4.74 Å². The van der Waals surface area contributed by atoms with Crippen molar-refractivity contribution in [1.29, 1.82) is 0 Å². The van der Waals surface area contributed by atoms with Crippen LogP contribution < -0.4 is 15.4 Å². The Morgan fingerprint density at radius 1 is 1.10 bits per heavy atom. The molecule has 2 N–H and O–H groups in total. The molecule has 3 aromatic rings. The summed E-state index contributed by atoms with van der Waals surface area (Å²) in [6.07, 6.45) is 4.28. The van der Waals surface area contributed by atoms with E-state index >= 15 is 0 Å². The molecule has 3 aromatic carbocycles. The van der Waals surface area contributed by atoms with Crippen LogP contribution in [0.3, 0.4) is 0 Å². The Kier molecular flexibility index (Phi) is 4.95. The molecule has 1 saturated heterocycles. The minimum atomic E-state index is -0.269. The van der Waals surface area contributed by atoms with E-state index in [1.807, 2.05) is 25.1 Å². The lowest BCUT2D eigenvalue weighted by Crippen LogP contribution is -2.37. The Morgan fingerprint density at radius 3 is 2.73 bits per heavy atom. The molecule has 4 nitrogen and oxygen atoms in total. The molecule has 2 aliphatic rings. The third-order valence-electron chi connectivity index (χ3n) is 6.42. The third-order valence-corrected chi connectivity index (χ3v) is 6.42. The van der Waals surface area contributed by atoms with Crippen molar-refractivity contribution >= 4 is 16.7 Å². The molecule has 1 atom stereocenters. The highest BCUT2D eigenvalue weighted by Gasteiger charge is 2.46. The molecule has 30 heavy (non-hydrogen) atoms. The molecule has 2 fully saturated rings. The zero-order valence-electron chi connectivity index (χ0n) is 17.4. The van der Waals surface area contributed by atoms with E-state index < -0.39 is 0 Å². The maximum Gasteiger partial charge on any atom is 0.252 e. The fraction of sp³-hybridized carbons (Fsp3) is 0.346. The van der Waals surface area contributed by atoms with Crippen molar-refractivity contribution in [1.82, 2.24) is 10.6 Å². The van der Waals surface area contributed by atoms with Gasteiger partial charge in [-0.1, -0.05) is 48.5 Å². The lowest BCUT2D eigenvalue weighted by atomic mass is 9.96. The van der Waals surface area contributed by atoms with Crippen LogP contribution >= 0.6 is 0 Å². The van der Waals surface area contributed by atoms with Gasteiger partial charge in [0.15, 0.2) is 0 Å². The first-order valence-corrected chi connectivity index (χ1v) is 10.9. The van der Waals surface area contributed by atoms with Crippen LogP contribution in [-0.2, 0) is 5.54 Å². The van der Waals surface area contributed by atoms with Gasteiger partial charge in [-0.2, -0.15) is 0 Å². The first kappa shape index (κ1) is 19.1. The monoisotopic (exact) mass is 400 g/mol. The molecule has 0 radical (unpaired) electrons. The zero-order valence-corrected chi connectivity index (χ0v) is 17.4. The molecule has 0 spiro atoms. The second-order valence-corrected chi connectivity index (χ2v) is 8.63. The van der Waals surface area contributed by atoms with Gasteiger partial charge in [-0.15, -0.1) is 0 Å². The molecule has 154 valence electrons. The van der Waals surface area contributed by atoms with Gasteiger partial charge in [-0.25, -0.2) is 0 Å². The molecule has 1 saturated carbocycles. The van der Waals surface area contributed by atoms with Crippen LogP contribution in [0.25, 0.3) is 10.8 Å². The number of benzene rings is 3. The van der Waals surface area contributed by atoms with Crippen LogP contribution in [0.1, 0.15) is 47.2 Å². The quantitative estimate of drug-likeness (QED) is 0.653. The molecule has 4 heteroatoms. The molecular formula is C26H28N2O2. The fourth-order valence-electron chi connectivity index (χ4n) is 4.55. The van der Waals surface area contributed by atoms with Crippen LogP contribution in [0, 0.1) is 6.92 Å². The Labute approximate surface area is 177 Å². The summed E-state index contributed by atoms with van der Waals surface area (Å²) < 4.78 is 6.15. The van der Waals surface area contributed by atoms with Crippen molar-refractivity contribution in [2.75, 3.05) is 13.1 Å². The normalized spacial score (nSPS) is 20.0. The summed E-state index contributed by atoms with van der Waals surface area (Å²) in [6, 6.07) is 20.6. The van der Waals surface area contributed by atoms with Crippen molar-refractivity contribution in [2.24, 2.45) is 0 Å². The van der Waals surface area contributed by atoms with E-state index in [0.717, 1.165) is 50.1 Å². The number of ether oxygens (including phenoxy) is 1. The third kappa shape index (κ3) is 3.68. The number of fused-ring (bicyclic) bond motifs is 1. The lowest BCUT2D eigenvalue weighted by Gasteiger charge is -2.24. The Morgan fingerprint density at radius 2 is 1.93 bits per heavy atom. The number of carbonyl (C=O) groups excluding carboxylic acids is 1. The first-order chi connectivity index (χ1) is 14.6. The van der Waals surface area contributed by atoms with Gasteiger partial charge in [-0.05, 0) is 73.2 Å². The van der Waals surface area contributed by atoms with Crippen LogP contribution in [0.5, 0.6) is 5.75 Å². The maximum atomic E-state index is 13.3. The second kappa shape index (κ2) is 7.77. The van der Waals surface area contributed by atoms with Gasteiger partial charge in [-0.3, -0.25) is 4.79 Å². The standard InChI is InChI=1S/C26H28N2O2/c1-18-11-12-20(30-21-8-5-15-27-17-21)16-23(18)25(29)28-26(13-14-26)24-10-4-7-19-6-2-3-9-22(19)24/h2-4,6-7,9-12,16,21,27H,5,8,13-15,17H2,1H3,(H,28,29). The summed E-state index contributed by atoms with van der Waals surface area (Å²) in [5.41, 5.74) is 2.61. The van der Waals surface area contributed by atoms with Crippen LogP contribution in [0.2, 0.25) is 0 Å². The molecule has 1 unspecified atom stereocenters. The number of rotatable bonds is 5. The summed E-state index contributed by atoms with van der Waals surface area (Å²) >= 11 is 0. The highest BCUT2D eigenvalue weighted by molar-refractivity contribution is 5.97. The summed E-state index contributed by atoms with van der Waals surface area (Å²) in [5, 5.41) is 9.16. The predicted octanol–water partition coefficient (Wildman–Crippen LogP) is 4.70. The van der Waals surface area contributed by atoms with Crippen LogP contribution in [-0.4, -0.2) is 25.1 Å². The molecule has 0 bridgehead atoms. The smallest absolute Gasteiger partial charge is 0.252 e. The SMILES string of the molecule is Cc1ccc(OC2CCCNC2)cc1C(=O)NC1(c2cccc3ccccc23)CC1. The second-order valence-electron chi connectivity index (χ2n) is 8.63. The summed E-state index contributed by atoms with van der Waals surface area (Å²) in [4.78, 5) is 13.3. The van der Waals surface area contributed by atoms with Gasteiger partial charge >= 0.3 is 0 Å². The predicted molar refractivity (Wildman–Crippen MR) is 120 cm³/mol. The Hall–Kier alpha value is -2.85. The average Bonchev–Trinajstić information content (AvgIpc) is 3.55. The molecule has 1 aliphatic heterocycles. The van der Waals surface area contributed by atoms with E-state index in [-0.39, 0.29) is 17.6 Å². The van der Waals surface area contributed by atoms with Crippen molar-refractivity contribution in [3.8, 4) is 5.75 Å². The number of aryl methyl sites for hydroxylation is 1. The number of nitrogens with one attached hydrogen (secondary N) is 2. The lowest BCUT2D eigenvalue weighted by molar-refractivity contribution is 0.0929. The van der Waals surface area contributed by atoms with Crippen molar-refractivity contribution in [3.05, 3.63) is 77.4 Å². The molecule has 5 rings (SSSR count). The molecular weight excluding hydrogens is 372 g/mol. The van der Waals surface area contributed by atoms with E-state index in [0.29, 0.717) is 5.56 Å².